The number of methoxy groups -OCH3 is 3. The molecule has 0 bridgehead atoms. The summed E-state index contributed by atoms with van der Waals surface area (Å²) in [5, 5.41) is 13.8. The molecule has 0 spiro atoms. The molecule has 0 unspecified atom stereocenters. The zero-order valence-corrected chi connectivity index (χ0v) is 22.3. The minimum atomic E-state index is -4.30. The molecule has 0 aliphatic carbocycles. The number of anilines is 1. The maximum atomic E-state index is 13.5. The number of carbonyl (C=O) groups excluding carboxylic acids is 1. The second-order valence-electron chi connectivity index (χ2n) is 7.35. The van der Waals surface area contributed by atoms with Crippen molar-refractivity contribution >= 4 is 43.8 Å². The molecule has 0 fully saturated rings. The second kappa shape index (κ2) is 11.9. The number of phenols is 1. The number of ether oxygens (including phenoxy) is 3. The minimum Gasteiger partial charge on any atom is -0.503 e. The lowest BCUT2D eigenvalue weighted by atomic mass is 10.2. The van der Waals surface area contributed by atoms with Gasteiger partial charge in [0.1, 0.15) is 12.4 Å². The van der Waals surface area contributed by atoms with Gasteiger partial charge < -0.3 is 19.3 Å². The number of benzene rings is 3. The highest BCUT2D eigenvalue weighted by molar-refractivity contribution is 9.10. The van der Waals surface area contributed by atoms with Crippen molar-refractivity contribution in [3.05, 3.63) is 70.5 Å². The van der Waals surface area contributed by atoms with Crippen LogP contribution in [0.15, 0.2) is 69.1 Å². The van der Waals surface area contributed by atoms with Crippen LogP contribution in [0.3, 0.4) is 0 Å². The number of amides is 1. The van der Waals surface area contributed by atoms with E-state index in [0.29, 0.717) is 15.8 Å². The predicted octanol–water partition coefficient (Wildman–Crippen LogP) is 3.67. The lowest BCUT2D eigenvalue weighted by molar-refractivity contribution is -0.119. The van der Waals surface area contributed by atoms with Gasteiger partial charge in [0, 0.05) is 6.07 Å². The molecule has 0 aliphatic heterocycles. The van der Waals surface area contributed by atoms with Crippen molar-refractivity contribution in [2.75, 3.05) is 32.2 Å². The number of rotatable bonds is 10. The van der Waals surface area contributed by atoms with E-state index in [2.05, 4.69) is 26.5 Å². The zero-order valence-electron chi connectivity index (χ0n) is 19.9. The third-order valence-electron chi connectivity index (χ3n) is 5.02. The van der Waals surface area contributed by atoms with Crippen LogP contribution in [-0.2, 0) is 14.8 Å². The maximum Gasteiger partial charge on any atom is 0.264 e. The topological polar surface area (TPSA) is 127 Å². The van der Waals surface area contributed by atoms with E-state index in [0.717, 1.165) is 16.4 Å². The van der Waals surface area contributed by atoms with E-state index in [1.807, 2.05) is 0 Å². The summed E-state index contributed by atoms with van der Waals surface area (Å²) in [6.45, 7) is -0.664. The number of sulfonamides is 1. The Kier molecular flexibility index (Phi) is 8.95. The number of hydrazone groups is 1. The smallest absolute Gasteiger partial charge is 0.264 e. The van der Waals surface area contributed by atoms with Gasteiger partial charge in [-0.3, -0.25) is 9.10 Å². The van der Waals surface area contributed by atoms with E-state index in [-0.39, 0.29) is 27.8 Å². The fraction of sp³-hybridized carbons (Fsp3) is 0.167. The molecule has 196 valence electrons. The number of nitrogens with one attached hydrogen (secondary N) is 1. The molecule has 0 radical (unpaired) electrons. The van der Waals surface area contributed by atoms with Crippen molar-refractivity contribution in [3.8, 4) is 23.0 Å². The number of halogens is 2. The molecular formula is C24H23BrFN3O7S. The Balaban J connectivity index is 1.88. The van der Waals surface area contributed by atoms with Crippen LogP contribution in [0, 0.1) is 5.82 Å². The fourth-order valence-electron chi connectivity index (χ4n) is 3.20. The van der Waals surface area contributed by atoms with Crippen molar-refractivity contribution in [3.63, 3.8) is 0 Å². The summed E-state index contributed by atoms with van der Waals surface area (Å²) in [5.41, 5.74) is 2.81. The predicted molar refractivity (Wildman–Crippen MR) is 139 cm³/mol. The van der Waals surface area contributed by atoms with Crippen LogP contribution in [0.1, 0.15) is 5.56 Å². The van der Waals surface area contributed by atoms with Gasteiger partial charge in [-0.15, -0.1) is 0 Å². The van der Waals surface area contributed by atoms with Gasteiger partial charge in [0.2, 0.25) is 0 Å². The first-order chi connectivity index (χ1) is 17.6. The summed E-state index contributed by atoms with van der Waals surface area (Å²) in [4.78, 5) is 12.5. The first-order valence-corrected chi connectivity index (χ1v) is 12.7. The highest BCUT2D eigenvalue weighted by Crippen LogP contribution is 2.35. The monoisotopic (exact) mass is 595 g/mol. The Hall–Kier alpha value is -3.84. The molecule has 37 heavy (non-hydrogen) atoms. The molecule has 0 heterocycles. The molecule has 3 rings (SSSR count). The highest BCUT2D eigenvalue weighted by Gasteiger charge is 2.28. The van der Waals surface area contributed by atoms with Crippen LogP contribution >= 0.6 is 15.9 Å². The molecule has 0 aliphatic rings. The fourth-order valence-corrected chi connectivity index (χ4v) is 5.09. The minimum absolute atomic E-state index is 0.0579. The Bertz CT molecular complexity index is 1420. The van der Waals surface area contributed by atoms with Gasteiger partial charge in [0.05, 0.1) is 42.6 Å². The van der Waals surface area contributed by atoms with Gasteiger partial charge in [0.15, 0.2) is 23.0 Å². The Morgan fingerprint density at radius 3 is 2.30 bits per heavy atom. The van der Waals surface area contributed by atoms with Crippen molar-refractivity contribution in [2.45, 2.75) is 4.90 Å². The third kappa shape index (κ3) is 6.49. The molecule has 10 nitrogen and oxygen atoms in total. The van der Waals surface area contributed by atoms with Crippen LogP contribution in [-0.4, -0.2) is 53.5 Å². The van der Waals surface area contributed by atoms with Crippen LogP contribution in [0.5, 0.6) is 23.0 Å². The van der Waals surface area contributed by atoms with Gasteiger partial charge in [0.25, 0.3) is 15.9 Å². The number of carbonyl (C=O) groups is 1. The van der Waals surface area contributed by atoms with Crippen molar-refractivity contribution < 1.29 is 36.9 Å². The molecule has 13 heteroatoms. The maximum absolute atomic E-state index is 13.5. The van der Waals surface area contributed by atoms with E-state index in [4.69, 9.17) is 14.2 Å². The molecular weight excluding hydrogens is 573 g/mol. The number of nitrogens with zero attached hydrogens (tertiary/aromatic N) is 2. The molecule has 0 atom stereocenters. The molecule has 3 aromatic rings. The van der Waals surface area contributed by atoms with Gasteiger partial charge in [-0.1, -0.05) is 0 Å². The van der Waals surface area contributed by atoms with E-state index < -0.39 is 28.3 Å². The third-order valence-corrected chi connectivity index (χ3v) is 7.39. The number of aromatic hydroxyl groups is 1. The normalized spacial score (nSPS) is 11.3. The van der Waals surface area contributed by atoms with Gasteiger partial charge in [-0.2, -0.15) is 5.10 Å². The second-order valence-corrected chi connectivity index (χ2v) is 10.1. The van der Waals surface area contributed by atoms with E-state index in [9.17, 15) is 22.7 Å². The molecule has 1 amide bonds. The summed E-state index contributed by atoms with van der Waals surface area (Å²) in [6.07, 6.45) is 1.29. The van der Waals surface area contributed by atoms with Gasteiger partial charge in [-0.05, 0) is 70.0 Å². The van der Waals surface area contributed by atoms with E-state index >= 15 is 0 Å². The van der Waals surface area contributed by atoms with Gasteiger partial charge in [-0.25, -0.2) is 18.2 Å². The molecule has 0 aromatic heterocycles. The number of hydrogen-bond acceptors (Lipinski definition) is 8. The summed E-state index contributed by atoms with van der Waals surface area (Å²) >= 11 is 3.19. The SMILES string of the molecule is COc1ccc(S(=O)(=O)N(CC(=O)N/N=C\c2cc(Br)c(O)c(OC)c2)c2ccc(F)cc2)cc1OC. The van der Waals surface area contributed by atoms with Crippen molar-refractivity contribution in [2.24, 2.45) is 5.10 Å². The first-order valence-electron chi connectivity index (χ1n) is 10.5. The Morgan fingerprint density at radius 1 is 1.03 bits per heavy atom. The van der Waals surface area contributed by atoms with Crippen LogP contribution < -0.4 is 23.9 Å². The number of hydrogen-bond donors (Lipinski definition) is 2. The molecule has 2 N–H and O–H groups in total. The lowest BCUT2D eigenvalue weighted by Gasteiger charge is -2.24. The summed E-state index contributed by atoms with van der Waals surface area (Å²) in [6, 6.07) is 11.7. The average molecular weight is 596 g/mol. The largest absolute Gasteiger partial charge is 0.503 e. The average Bonchev–Trinajstić information content (AvgIpc) is 2.89. The van der Waals surface area contributed by atoms with Gasteiger partial charge >= 0.3 is 0 Å². The van der Waals surface area contributed by atoms with Crippen LogP contribution in [0.4, 0.5) is 10.1 Å². The number of phenolic OH excluding ortho intramolecular Hbond substituents is 1. The highest BCUT2D eigenvalue weighted by atomic mass is 79.9. The van der Waals surface area contributed by atoms with Crippen molar-refractivity contribution in [1.82, 2.24) is 5.43 Å². The standard InChI is InChI=1S/C24H23BrFN3O7S/c1-34-20-9-8-18(12-21(20)35-2)37(32,33)29(17-6-4-16(26)5-7-17)14-23(30)28-27-13-15-10-19(25)24(31)22(11-15)36-3/h4-13,31H,14H2,1-3H3,(H,28,30)/b27-13-. The van der Waals surface area contributed by atoms with E-state index in [1.54, 1.807) is 6.07 Å². The first kappa shape index (κ1) is 27.7. The molecule has 3 aromatic carbocycles. The molecule has 0 saturated heterocycles. The molecule has 0 saturated carbocycles. The van der Waals surface area contributed by atoms with Crippen molar-refractivity contribution in [1.29, 1.82) is 0 Å². The Labute approximate surface area is 221 Å². The Morgan fingerprint density at radius 2 is 1.68 bits per heavy atom. The summed E-state index contributed by atoms with van der Waals surface area (Å²) in [5.74, 6) is -0.762. The quantitative estimate of drug-likeness (QED) is 0.270. The summed E-state index contributed by atoms with van der Waals surface area (Å²) in [7, 11) is -0.150. The van der Waals surface area contributed by atoms with E-state index in [1.165, 1.54) is 63.9 Å². The summed E-state index contributed by atoms with van der Waals surface area (Å²) < 4.78 is 57.2. The van der Waals surface area contributed by atoms with Crippen LogP contribution in [0.25, 0.3) is 0 Å². The van der Waals surface area contributed by atoms with Crippen LogP contribution in [0.2, 0.25) is 0 Å². The zero-order chi connectivity index (χ0) is 27.2. The lowest BCUT2D eigenvalue weighted by Crippen LogP contribution is -2.39.